The van der Waals surface area contributed by atoms with Crippen LogP contribution in [0.15, 0.2) is 43.0 Å². The third-order valence-electron chi connectivity index (χ3n) is 15.5. The summed E-state index contributed by atoms with van der Waals surface area (Å²) in [7, 11) is 0. The molecule has 49 heavy (non-hydrogen) atoms. The quantitative estimate of drug-likeness (QED) is 0.139. The van der Waals surface area contributed by atoms with Gasteiger partial charge in [-0.1, -0.05) is 65.3 Å². The van der Waals surface area contributed by atoms with Gasteiger partial charge in [0, 0.05) is 32.7 Å². The molecule has 0 aromatic heterocycles. The van der Waals surface area contributed by atoms with Gasteiger partial charge in [0.05, 0.1) is 18.8 Å². The highest BCUT2D eigenvalue weighted by molar-refractivity contribution is 5.88. The van der Waals surface area contributed by atoms with Gasteiger partial charge in [-0.2, -0.15) is 0 Å². The number of benzene rings is 1. The highest BCUT2D eigenvalue weighted by Crippen LogP contribution is 2.77. The van der Waals surface area contributed by atoms with Crippen LogP contribution in [0.1, 0.15) is 122 Å². The fourth-order valence-corrected chi connectivity index (χ4v) is 13.1. The number of carbonyl (C=O) groups is 1. The standard InChI is InChI=1S/C40H62N2O4.C3H6/c1-36(2)30(28-8-10-29(11-9-28)35(45)46)14-17-37(3)33(36)15-18-39(5)34(37)13-12-31-32-7-6-16-40(32,20-19-38(31,39)4)27-41-21-22-42(23-25-43)24-26-44;1-3-2/h8-11,14,31-34,41,43-44H,6-7,12-13,15-27H2,1-5H3,(H,45,46);3H,1H2,2H3/t31?,32?,33?,34?,37?,38-,39?,40?;/m1./s1. The number of aromatic carboxylic acids is 1. The summed E-state index contributed by atoms with van der Waals surface area (Å²) >= 11 is 0. The van der Waals surface area contributed by atoms with Crippen LogP contribution < -0.4 is 5.32 Å². The number of nitrogens with zero attached hydrogens (tertiary/aromatic N) is 1. The lowest BCUT2D eigenvalue weighted by Gasteiger charge is -2.72. The van der Waals surface area contributed by atoms with E-state index in [1.165, 1.54) is 68.9 Å². The van der Waals surface area contributed by atoms with Gasteiger partial charge in [0.25, 0.3) is 0 Å². The second kappa shape index (κ2) is 14.9. The normalized spacial score (nSPS) is 37.4. The number of aliphatic hydroxyl groups is 2. The minimum absolute atomic E-state index is 0.0413. The van der Waals surface area contributed by atoms with Crippen molar-refractivity contribution in [3.63, 3.8) is 0 Å². The minimum atomic E-state index is -0.861. The molecule has 1 aromatic rings. The van der Waals surface area contributed by atoms with Crippen LogP contribution in [-0.2, 0) is 0 Å². The Balaban J connectivity index is 0.00000151. The lowest BCUT2D eigenvalue weighted by atomic mass is 9.32. The zero-order valence-corrected chi connectivity index (χ0v) is 31.7. The second-order valence-corrected chi connectivity index (χ2v) is 17.8. The smallest absolute Gasteiger partial charge is 0.335 e. The summed E-state index contributed by atoms with van der Waals surface area (Å²) in [6.07, 6.45) is 17.6. The average Bonchev–Trinajstić information content (AvgIpc) is 3.48. The lowest BCUT2D eigenvalue weighted by Crippen LogP contribution is -2.65. The van der Waals surface area contributed by atoms with Crippen molar-refractivity contribution in [3.05, 3.63) is 54.1 Å². The van der Waals surface area contributed by atoms with Gasteiger partial charge in [-0.25, -0.2) is 4.79 Å². The van der Waals surface area contributed by atoms with Crippen molar-refractivity contribution in [1.82, 2.24) is 10.2 Å². The van der Waals surface area contributed by atoms with E-state index in [-0.39, 0.29) is 24.0 Å². The maximum Gasteiger partial charge on any atom is 0.335 e. The zero-order chi connectivity index (χ0) is 35.7. The first-order chi connectivity index (χ1) is 23.3. The van der Waals surface area contributed by atoms with E-state index < -0.39 is 5.97 Å². The topological polar surface area (TPSA) is 93.0 Å². The molecular formula is C43H68N2O4. The summed E-state index contributed by atoms with van der Waals surface area (Å²) in [6.45, 7) is 22.7. The summed E-state index contributed by atoms with van der Waals surface area (Å²) in [5.41, 5.74) is 4.42. The van der Waals surface area contributed by atoms with E-state index in [0.29, 0.717) is 40.8 Å². The van der Waals surface area contributed by atoms with Crippen molar-refractivity contribution in [3.8, 4) is 0 Å². The van der Waals surface area contributed by atoms with Crippen molar-refractivity contribution >= 4 is 11.5 Å². The monoisotopic (exact) mass is 677 g/mol. The highest BCUT2D eigenvalue weighted by atomic mass is 16.4. The molecule has 0 amide bonds. The maximum absolute atomic E-state index is 11.5. The molecule has 0 aliphatic heterocycles. The number of aliphatic hydroxyl groups excluding tert-OH is 2. The summed E-state index contributed by atoms with van der Waals surface area (Å²) in [5, 5.41) is 32.1. The molecule has 8 atom stereocenters. The summed E-state index contributed by atoms with van der Waals surface area (Å²) < 4.78 is 0. The van der Waals surface area contributed by atoms with E-state index in [1.54, 1.807) is 18.2 Å². The number of hydrogen-bond acceptors (Lipinski definition) is 5. The van der Waals surface area contributed by atoms with Gasteiger partial charge in [0.15, 0.2) is 0 Å². The molecule has 6 rings (SSSR count). The molecule has 4 N–H and O–H groups in total. The number of allylic oxidation sites excluding steroid dienone is 3. The molecule has 4 saturated carbocycles. The molecule has 0 saturated heterocycles. The average molecular weight is 677 g/mol. The first kappa shape index (κ1) is 38.2. The third-order valence-corrected chi connectivity index (χ3v) is 15.5. The Bertz CT molecular complexity index is 1330. The Morgan fingerprint density at radius 1 is 0.878 bits per heavy atom. The van der Waals surface area contributed by atoms with Crippen LogP contribution in [0.4, 0.5) is 0 Å². The van der Waals surface area contributed by atoms with E-state index in [2.05, 4.69) is 57.5 Å². The van der Waals surface area contributed by atoms with Crippen molar-refractivity contribution in [2.75, 3.05) is 45.9 Å². The fourth-order valence-electron chi connectivity index (χ4n) is 13.1. The molecule has 0 heterocycles. The van der Waals surface area contributed by atoms with Crippen LogP contribution in [-0.4, -0.2) is 72.1 Å². The summed E-state index contributed by atoms with van der Waals surface area (Å²) in [5.74, 6) is 2.11. The number of rotatable bonds is 11. The van der Waals surface area contributed by atoms with E-state index in [4.69, 9.17) is 0 Å². The molecule has 4 fully saturated rings. The van der Waals surface area contributed by atoms with Crippen LogP contribution in [0.25, 0.3) is 5.57 Å². The number of fused-ring (bicyclic) bond motifs is 7. The Morgan fingerprint density at radius 2 is 1.55 bits per heavy atom. The molecule has 0 bridgehead atoms. The predicted molar refractivity (Wildman–Crippen MR) is 201 cm³/mol. The molecule has 6 nitrogen and oxygen atoms in total. The Morgan fingerprint density at radius 3 is 2.18 bits per heavy atom. The van der Waals surface area contributed by atoms with Gasteiger partial charge in [-0.15, -0.1) is 6.58 Å². The first-order valence-electron chi connectivity index (χ1n) is 19.5. The predicted octanol–water partition coefficient (Wildman–Crippen LogP) is 8.30. The first-order valence-corrected chi connectivity index (χ1v) is 19.5. The Hall–Kier alpha value is -1.99. The van der Waals surface area contributed by atoms with Crippen molar-refractivity contribution < 1.29 is 20.1 Å². The van der Waals surface area contributed by atoms with Crippen LogP contribution in [0.5, 0.6) is 0 Å². The van der Waals surface area contributed by atoms with Crippen LogP contribution in [0, 0.1) is 50.7 Å². The minimum Gasteiger partial charge on any atom is -0.478 e. The zero-order valence-electron chi connectivity index (χ0n) is 31.7. The largest absolute Gasteiger partial charge is 0.478 e. The van der Waals surface area contributed by atoms with Crippen molar-refractivity contribution in [1.29, 1.82) is 0 Å². The molecule has 5 aliphatic rings. The van der Waals surface area contributed by atoms with Gasteiger partial charge in [-0.3, -0.25) is 4.90 Å². The number of nitrogens with one attached hydrogen (secondary N) is 1. The Kier molecular flexibility index (Phi) is 11.7. The number of hydrogen-bond donors (Lipinski definition) is 4. The molecule has 0 radical (unpaired) electrons. The Labute approximate surface area is 297 Å². The molecule has 7 unspecified atom stereocenters. The molecule has 274 valence electrons. The van der Waals surface area contributed by atoms with Gasteiger partial charge >= 0.3 is 5.97 Å². The van der Waals surface area contributed by atoms with Crippen LogP contribution in [0.2, 0.25) is 0 Å². The SMILES string of the molecule is C=CC.CC1(C)C(c2ccc(C(=O)O)cc2)=CCC2(C)C1CCC1(C)C2CCC2C3CCCC3(CNCCN(CCO)CCO)CC[C@]21C. The fraction of sp³-hybridized carbons (Fsp3) is 0.744. The van der Waals surface area contributed by atoms with Gasteiger partial charge in [0.1, 0.15) is 0 Å². The maximum atomic E-state index is 11.5. The molecular weight excluding hydrogens is 608 g/mol. The van der Waals surface area contributed by atoms with Crippen molar-refractivity contribution in [2.45, 2.75) is 106 Å². The van der Waals surface area contributed by atoms with E-state index >= 15 is 0 Å². The lowest BCUT2D eigenvalue weighted by molar-refractivity contribution is -0.222. The number of carboxylic acids is 1. The van der Waals surface area contributed by atoms with Gasteiger partial charge < -0.3 is 20.6 Å². The molecule has 1 aromatic carbocycles. The van der Waals surface area contributed by atoms with Crippen molar-refractivity contribution in [2.24, 2.45) is 50.7 Å². The molecule has 5 aliphatic carbocycles. The third kappa shape index (κ3) is 6.62. The summed E-state index contributed by atoms with van der Waals surface area (Å²) in [6, 6.07) is 7.61. The van der Waals surface area contributed by atoms with Gasteiger partial charge in [0.2, 0.25) is 0 Å². The highest BCUT2D eigenvalue weighted by Gasteiger charge is 2.69. The van der Waals surface area contributed by atoms with Gasteiger partial charge in [-0.05, 0) is 139 Å². The van der Waals surface area contributed by atoms with Crippen LogP contribution >= 0.6 is 0 Å². The van der Waals surface area contributed by atoms with E-state index in [9.17, 15) is 20.1 Å². The molecule has 0 spiro atoms. The van der Waals surface area contributed by atoms with Crippen LogP contribution in [0.3, 0.4) is 0 Å². The number of carboxylic acid groups (broad SMARTS) is 1. The van der Waals surface area contributed by atoms with E-state index in [0.717, 1.165) is 43.8 Å². The molecule has 6 heteroatoms. The summed E-state index contributed by atoms with van der Waals surface area (Å²) in [4.78, 5) is 13.7. The second-order valence-electron chi connectivity index (χ2n) is 17.8. The van der Waals surface area contributed by atoms with E-state index in [1.807, 2.05) is 19.1 Å².